The molecular weight excluding hydrogens is 326 g/mol. The summed E-state index contributed by atoms with van der Waals surface area (Å²) in [6.07, 6.45) is 0.958. The molecule has 1 fully saturated rings. The minimum Gasteiger partial charge on any atom is -0.354 e. The van der Waals surface area contributed by atoms with Crippen molar-refractivity contribution in [1.82, 2.24) is 15.1 Å². The minimum absolute atomic E-state index is 0.00674. The van der Waals surface area contributed by atoms with Gasteiger partial charge in [0.2, 0.25) is 11.8 Å². The summed E-state index contributed by atoms with van der Waals surface area (Å²) >= 11 is 6.37. The molecule has 1 heterocycles. The summed E-state index contributed by atoms with van der Waals surface area (Å²) in [5.74, 6) is -0.197. The molecule has 0 bridgehead atoms. The molecule has 24 heavy (non-hydrogen) atoms. The van der Waals surface area contributed by atoms with E-state index in [9.17, 15) is 9.59 Å². The first-order valence-corrected chi connectivity index (χ1v) is 8.79. The predicted molar refractivity (Wildman–Crippen MR) is 95.9 cm³/mol. The highest BCUT2D eigenvalue weighted by Crippen LogP contribution is 2.39. The molecule has 1 aromatic rings. The van der Waals surface area contributed by atoms with Gasteiger partial charge in [0.15, 0.2) is 0 Å². The second-order valence-electron chi connectivity index (χ2n) is 6.39. The third-order valence-electron chi connectivity index (χ3n) is 4.47. The van der Waals surface area contributed by atoms with Crippen molar-refractivity contribution in [3.05, 3.63) is 34.9 Å². The van der Waals surface area contributed by atoms with Crippen molar-refractivity contribution in [2.24, 2.45) is 5.92 Å². The number of halogens is 1. The van der Waals surface area contributed by atoms with Crippen LogP contribution in [0.2, 0.25) is 5.02 Å². The van der Waals surface area contributed by atoms with Gasteiger partial charge in [-0.15, -0.1) is 0 Å². The summed E-state index contributed by atoms with van der Waals surface area (Å²) in [7, 11) is 3.94. The lowest BCUT2D eigenvalue weighted by molar-refractivity contribution is -0.143. The second-order valence-corrected chi connectivity index (χ2v) is 6.79. The molecule has 6 heteroatoms. The minimum atomic E-state index is -0.302. The number of carbonyl (C=O) groups excluding carboxylic acids is 2. The summed E-state index contributed by atoms with van der Waals surface area (Å²) in [6.45, 7) is 3.88. The fourth-order valence-corrected chi connectivity index (χ4v) is 3.48. The Labute approximate surface area is 149 Å². The molecule has 1 aliphatic heterocycles. The molecule has 1 saturated heterocycles. The molecule has 0 radical (unpaired) electrons. The molecule has 0 aliphatic carbocycles. The van der Waals surface area contributed by atoms with Crippen LogP contribution in [-0.2, 0) is 9.59 Å². The van der Waals surface area contributed by atoms with Crippen LogP contribution in [0.3, 0.4) is 0 Å². The fourth-order valence-electron chi connectivity index (χ4n) is 3.23. The average Bonchev–Trinajstić information content (AvgIpc) is 2.54. The van der Waals surface area contributed by atoms with Gasteiger partial charge in [0, 0.05) is 31.1 Å². The van der Waals surface area contributed by atoms with E-state index in [-0.39, 0.29) is 23.8 Å². The Balaban J connectivity index is 2.25. The number of likely N-dealkylation sites (N-methyl/N-ethyl adjacent to an activating group) is 1. The average molecular weight is 352 g/mol. The summed E-state index contributed by atoms with van der Waals surface area (Å²) in [5, 5.41) is 3.60. The number of nitrogens with one attached hydrogen (secondary N) is 1. The van der Waals surface area contributed by atoms with Gasteiger partial charge in [-0.1, -0.05) is 29.8 Å². The number of rotatable bonds is 6. The number of hydrogen-bond donors (Lipinski definition) is 1. The molecule has 0 aromatic heterocycles. The van der Waals surface area contributed by atoms with Crippen LogP contribution in [0.25, 0.3) is 0 Å². The van der Waals surface area contributed by atoms with Gasteiger partial charge in [0.25, 0.3) is 0 Å². The molecule has 5 nitrogen and oxygen atoms in total. The summed E-state index contributed by atoms with van der Waals surface area (Å²) in [6, 6.07) is 7.18. The first kappa shape index (κ1) is 18.7. The maximum Gasteiger partial charge on any atom is 0.225 e. The van der Waals surface area contributed by atoms with Gasteiger partial charge in [0.05, 0.1) is 12.0 Å². The van der Waals surface area contributed by atoms with E-state index >= 15 is 0 Å². The first-order chi connectivity index (χ1) is 11.5. The molecule has 1 aromatic carbocycles. The van der Waals surface area contributed by atoms with Crippen LogP contribution in [0, 0.1) is 5.92 Å². The zero-order valence-electron chi connectivity index (χ0n) is 14.6. The molecule has 2 amide bonds. The van der Waals surface area contributed by atoms with Crippen molar-refractivity contribution in [3.63, 3.8) is 0 Å². The van der Waals surface area contributed by atoms with Crippen molar-refractivity contribution in [1.29, 1.82) is 0 Å². The van der Waals surface area contributed by atoms with E-state index in [1.54, 1.807) is 4.90 Å². The van der Waals surface area contributed by atoms with Crippen molar-refractivity contribution >= 4 is 23.4 Å². The number of nitrogens with zero attached hydrogens (tertiary/aromatic N) is 2. The van der Waals surface area contributed by atoms with Crippen LogP contribution in [0.5, 0.6) is 0 Å². The number of hydrogen-bond acceptors (Lipinski definition) is 3. The van der Waals surface area contributed by atoms with E-state index in [0.717, 1.165) is 12.1 Å². The quantitative estimate of drug-likeness (QED) is 0.855. The molecular formula is C18H26ClN3O2. The Morgan fingerprint density at radius 2 is 2.08 bits per heavy atom. The topological polar surface area (TPSA) is 52.7 Å². The van der Waals surface area contributed by atoms with Crippen molar-refractivity contribution in [3.8, 4) is 0 Å². The fraction of sp³-hybridized carbons (Fsp3) is 0.556. The van der Waals surface area contributed by atoms with E-state index in [0.29, 0.717) is 31.0 Å². The summed E-state index contributed by atoms with van der Waals surface area (Å²) in [5.41, 5.74) is 0.849. The molecule has 0 spiro atoms. The third kappa shape index (κ3) is 4.28. The maximum absolute atomic E-state index is 12.7. The van der Waals surface area contributed by atoms with Crippen LogP contribution in [-0.4, -0.2) is 55.3 Å². The Kier molecular flexibility index (Phi) is 6.63. The lowest BCUT2D eigenvalue weighted by Crippen LogP contribution is -2.48. The highest BCUT2D eigenvalue weighted by molar-refractivity contribution is 6.31. The highest BCUT2D eigenvalue weighted by Gasteiger charge is 2.40. The molecule has 2 atom stereocenters. The van der Waals surface area contributed by atoms with Gasteiger partial charge >= 0.3 is 0 Å². The zero-order valence-corrected chi connectivity index (χ0v) is 15.3. The van der Waals surface area contributed by atoms with Gasteiger partial charge in [-0.05, 0) is 39.1 Å². The number of benzene rings is 1. The Morgan fingerprint density at radius 3 is 2.71 bits per heavy atom. The van der Waals surface area contributed by atoms with E-state index in [4.69, 9.17) is 11.6 Å². The van der Waals surface area contributed by atoms with Gasteiger partial charge in [0.1, 0.15) is 0 Å². The molecule has 1 aliphatic rings. The molecule has 2 rings (SSSR count). The largest absolute Gasteiger partial charge is 0.354 e. The summed E-state index contributed by atoms with van der Waals surface area (Å²) in [4.78, 5) is 28.9. The lowest BCUT2D eigenvalue weighted by Gasteiger charge is -2.40. The number of likely N-dealkylation sites (tertiary alicyclic amines) is 1. The van der Waals surface area contributed by atoms with Gasteiger partial charge in [-0.2, -0.15) is 0 Å². The molecule has 0 saturated carbocycles. The first-order valence-electron chi connectivity index (χ1n) is 8.42. The number of carbonyl (C=O) groups is 2. The Morgan fingerprint density at radius 1 is 1.38 bits per heavy atom. The summed E-state index contributed by atoms with van der Waals surface area (Å²) < 4.78 is 0. The predicted octanol–water partition coefficient (Wildman–Crippen LogP) is 2.32. The van der Waals surface area contributed by atoms with Gasteiger partial charge < -0.3 is 15.1 Å². The normalized spacial score (nSPS) is 21.2. The van der Waals surface area contributed by atoms with E-state index < -0.39 is 0 Å². The standard InChI is InChI=1S/C18H26ClN3O2/c1-4-22-16(23)10-9-14(18(24)20-11-12-21(2)3)17(22)13-7-5-6-8-15(13)19/h5-8,14,17H,4,9-12H2,1-3H3,(H,20,24)/t14-,17+/m1/s1. The number of amides is 2. The van der Waals surface area contributed by atoms with Crippen LogP contribution in [0.4, 0.5) is 0 Å². The van der Waals surface area contributed by atoms with Crippen LogP contribution in [0.15, 0.2) is 24.3 Å². The lowest BCUT2D eigenvalue weighted by atomic mass is 9.83. The van der Waals surface area contributed by atoms with Crippen LogP contribution in [0.1, 0.15) is 31.4 Å². The second kappa shape index (κ2) is 8.49. The monoisotopic (exact) mass is 351 g/mol. The number of piperidine rings is 1. The highest BCUT2D eigenvalue weighted by atomic mass is 35.5. The van der Waals surface area contributed by atoms with Crippen molar-refractivity contribution in [2.45, 2.75) is 25.8 Å². The van der Waals surface area contributed by atoms with E-state index in [1.165, 1.54) is 0 Å². The zero-order chi connectivity index (χ0) is 17.7. The van der Waals surface area contributed by atoms with Crippen molar-refractivity contribution < 1.29 is 9.59 Å². The van der Waals surface area contributed by atoms with Crippen LogP contribution >= 0.6 is 11.6 Å². The van der Waals surface area contributed by atoms with Gasteiger partial charge in [-0.25, -0.2) is 0 Å². The van der Waals surface area contributed by atoms with Crippen molar-refractivity contribution in [2.75, 3.05) is 33.7 Å². The Hall–Kier alpha value is -1.59. The third-order valence-corrected chi connectivity index (χ3v) is 4.81. The molecule has 0 unspecified atom stereocenters. The SMILES string of the molecule is CCN1C(=O)CC[C@@H](C(=O)NCCN(C)C)[C@@H]1c1ccccc1Cl. The van der Waals surface area contributed by atoms with E-state index in [1.807, 2.05) is 50.2 Å². The molecule has 1 N–H and O–H groups in total. The van der Waals surface area contributed by atoms with Gasteiger partial charge in [-0.3, -0.25) is 9.59 Å². The smallest absolute Gasteiger partial charge is 0.225 e. The van der Waals surface area contributed by atoms with E-state index in [2.05, 4.69) is 5.32 Å². The maximum atomic E-state index is 12.7. The van der Waals surface area contributed by atoms with Crippen LogP contribution < -0.4 is 5.32 Å². The Bertz CT molecular complexity index is 591. The molecule has 132 valence electrons.